The molecule has 3 aromatic rings. The normalized spacial score (nSPS) is 10.6. The van der Waals surface area contributed by atoms with Crippen molar-refractivity contribution in [1.29, 1.82) is 0 Å². The van der Waals surface area contributed by atoms with E-state index in [1.807, 2.05) is 24.3 Å². The van der Waals surface area contributed by atoms with Crippen LogP contribution in [-0.4, -0.2) is 27.0 Å². The lowest BCUT2D eigenvalue weighted by atomic mass is 10.2. The van der Waals surface area contributed by atoms with Gasteiger partial charge in [-0.15, -0.1) is 0 Å². The van der Waals surface area contributed by atoms with Gasteiger partial charge in [0.25, 0.3) is 5.56 Å². The number of nitrogens with zero attached hydrogens (tertiary/aromatic N) is 3. The van der Waals surface area contributed by atoms with E-state index < -0.39 is 0 Å². The largest absolute Gasteiger partial charge is 0.365 e. The molecule has 150 valence electrons. The number of hydrogen-bond donors (Lipinski definition) is 2. The number of amides is 1. The second-order valence-electron chi connectivity index (χ2n) is 6.58. The zero-order chi connectivity index (χ0) is 20.6. The molecule has 0 radical (unpaired) electrons. The molecule has 0 fully saturated rings. The first-order chi connectivity index (χ1) is 14.0. The molecule has 0 bridgehead atoms. The number of carbonyl (C=O) groups excluding carboxylic acids is 1. The summed E-state index contributed by atoms with van der Waals surface area (Å²) < 4.78 is 1.41. The van der Waals surface area contributed by atoms with E-state index in [9.17, 15) is 9.59 Å². The zero-order valence-electron chi connectivity index (χ0n) is 16.1. The molecule has 3 rings (SSSR count). The molecule has 0 aliphatic rings. The first kappa shape index (κ1) is 20.5. The summed E-state index contributed by atoms with van der Waals surface area (Å²) in [6.07, 6.45) is 5.78. The van der Waals surface area contributed by atoms with Gasteiger partial charge in [0.1, 0.15) is 6.54 Å². The molecule has 2 aromatic heterocycles. The summed E-state index contributed by atoms with van der Waals surface area (Å²) in [6.45, 7) is 2.57. The van der Waals surface area contributed by atoms with Crippen LogP contribution >= 0.6 is 11.6 Å². The van der Waals surface area contributed by atoms with Crippen LogP contribution in [0, 0.1) is 6.92 Å². The minimum atomic E-state index is -0.322. The molecule has 0 spiro atoms. The predicted molar refractivity (Wildman–Crippen MR) is 113 cm³/mol. The average Bonchev–Trinajstić information content (AvgIpc) is 2.72. The molecule has 0 unspecified atom stereocenters. The minimum Gasteiger partial charge on any atom is -0.365 e. The summed E-state index contributed by atoms with van der Waals surface area (Å²) in [6, 6.07) is 11.1. The van der Waals surface area contributed by atoms with Crippen LogP contribution in [0.15, 0.2) is 59.8 Å². The fourth-order valence-corrected chi connectivity index (χ4v) is 3.02. The summed E-state index contributed by atoms with van der Waals surface area (Å²) in [5.41, 5.74) is 2.30. The highest BCUT2D eigenvalue weighted by Crippen LogP contribution is 2.10. The lowest BCUT2D eigenvalue weighted by Gasteiger charge is -2.13. The molecule has 2 N–H and O–H groups in total. The zero-order valence-corrected chi connectivity index (χ0v) is 16.8. The van der Waals surface area contributed by atoms with Crippen LogP contribution in [0.25, 0.3) is 0 Å². The maximum Gasteiger partial charge on any atom is 0.293 e. The number of carbonyl (C=O) groups is 1. The number of pyridine rings is 1. The number of benzene rings is 1. The van der Waals surface area contributed by atoms with Crippen molar-refractivity contribution in [2.24, 2.45) is 0 Å². The molecule has 2 heterocycles. The van der Waals surface area contributed by atoms with Crippen LogP contribution in [0.5, 0.6) is 0 Å². The number of nitrogens with one attached hydrogen (secondary N) is 2. The van der Waals surface area contributed by atoms with Crippen molar-refractivity contribution < 1.29 is 4.79 Å². The lowest BCUT2D eigenvalue weighted by Crippen LogP contribution is -2.34. The molecule has 0 atom stereocenters. The van der Waals surface area contributed by atoms with E-state index in [1.54, 1.807) is 37.6 Å². The number of rotatable bonds is 8. The summed E-state index contributed by atoms with van der Waals surface area (Å²) in [5, 5.41) is 6.48. The van der Waals surface area contributed by atoms with Crippen molar-refractivity contribution in [3.05, 3.63) is 87.2 Å². The van der Waals surface area contributed by atoms with Gasteiger partial charge in [0.05, 0.1) is 0 Å². The number of aromatic nitrogens is 3. The predicted octanol–water partition coefficient (Wildman–Crippen LogP) is 2.57. The Morgan fingerprint density at radius 2 is 1.97 bits per heavy atom. The Hall–Kier alpha value is -3.19. The Labute approximate surface area is 173 Å². The molecule has 0 aliphatic heterocycles. The monoisotopic (exact) mass is 411 g/mol. The molecule has 7 nitrogen and oxygen atoms in total. The Bertz CT molecular complexity index is 1040. The first-order valence-corrected chi connectivity index (χ1v) is 9.61. The van der Waals surface area contributed by atoms with Gasteiger partial charge in [-0.05, 0) is 48.7 Å². The fourth-order valence-electron chi connectivity index (χ4n) is 2.81. The lowest BCUT2D eigenvalue weighted by molar-refractivity contribution is -0.121. The third-order valence-corrected chi connectivity index (χ3v) is 4.62. The van der Waals surface area contributed by atoms with Crippen LogP contribution in [0.1, 0.15) is 16.8 Å². The van der Waals surface area contributed by atoms with Gasteiger partial charge in [-0.3, -0.25) is 19.1 Å². The fraction of sp³-hybridized carbons (Fsp3) is 0.238. The van der Waals surface area contributed by atoms with Gasteiger partial charge in [-0.2, -0.15) is 0 Å². The van der Waals surface area contributed by atoms with Crippen LogP contribution in [0.3, 0.4) is 0 Å². The van der Waals surface area contributed by atoms with E-state index in [0.717, 1.165) is 17.5 Å². The van der Waals surface area contributed by atoms with Gasteiger partial charge >= 0.3 is 0 Å². The van der Waals surface area contributed by atoms with Crippen molar-refractivity contribution in [2.45, 2.75) is 26.4 Å². The van der Waals surface area contributed by atoms with E-state index in [-0.39, 0.29) is 23.8 Å². The van der Waals surface area contributed by atoms with Crippen LogP contribution in [0.2, 0.25) is 5.02 Å². The Balaban J connectivity index is 1.60. The van der Waals surface area contributed by atoms with E-state index in [0.29, 0.717) is 23.8 Å². The second kappa shape index (κ2) is 9.84. The maximum atomic E-state index is 12.7. The molecule has 1 aromatic carbocycles. The van der Waals surface area contributed by atoms with E-state index >= 15 is 0 Å². The first-order valence-electron chi connectivity index (χ1n) is 9.23. The molecule has 1 amide bonds. The third-order valence-electron chi connectivity index (χ3n) is 4.39. The van der Waals surface area contributed by atoms with E-state index in [2.05, 4.69) is 20.6 Å². The van der Waals surface area contributed by atoms with Gasteiger partial charge in [-0.25, -0.2) is 4.98 Å². The summed E-state index contributed by atoms with van der Waals surface area (Å²) in [7, 11) is 0. The average molecular weight is 412 g/mol. The van der Waals surface area contributed by atoms with Gasteiger partial charge in [0.15, 0.2) is 5.82 Å². The maximum absolute atomic E-state index is 12.7. The van der Waals surface area contributed by atoms with Crippen LogP contribution in [-0.2, 0) is 24.3 Å². The molecular formula is C21H22ClN5O2. The summed E-state index contributed by atoms with van der Waals surface area (Å²) in [4.78, 5) is 33.2. The van der Waals surface area contributed by atoms with Gasteiger partial charge in [-0.1, -0.05) is 23.7 Å². The summed E-state index contributed by atoms with van der Waals surface area (Å²) in [5.74, 6) is -0.0311. The number of aryl methyl sites for hydroxylation is 1. The van der Waals surface area contributed by atoms with E-state index in [4.69, 9.17) is 11.6 Å². The van der Waals surface area contributed by atoms with Gasteiger partial charge in [0.2, 0.25) is 5.91 Å². The van der Waals surface area contributed by atoms with Crippen LogP contribution < -0.4 is 16.2 Å². The number of anilines is 1. The SMILES string of the molecule is Cc1cnc(NCCc2ccncc2)c(=O)n1CC(=O)NCc1cccc(Cl)c1. The Kier molecular flexibility index (Phi) is 6.97. The quantitative estimate of drug-likeness (QED) is 0.594. The third kappa shape index (κ3) is 5.89. The summed E-state index contributed by atoms with van der Waals surface area (Å²) >= 11 is 5.95. The van der Waals surface area contributed by atoms with Crippen molar-refractivity contribution in [3.63, 3.8) is 0 Å². The molecule has 0 saturated heterocycles. The molecule has 29 heavy (non-hydrogen) atoms. The number of halogens is 1. The van der Waals surface area contributed by atoms with Crippen molar-refractivity contribution >= 4 is 23.3 Å². The minimum absolute atomic E-state index is 0.0766. The highest BCUT2D eigenvalue weighted by atomic mass is 35.5. The molecule has 0 saturated carbocycles. The smallest absolute Gasteiger partial charge is 0.293 e. The molecular weight excluding hydrogens is 390 g/mol. The Morgan fingerprint density at radius 1 is 1.17 bits per heavy atom. The van der Waals surface area contributed by atoms with Crippen LogP contribution in [0.4, 0.5) is 5.82 Å². The molecule has 8 heteroatoms. The standard InChI is InChI=1S/C21H22ClN5O2/c1-15-12-26-20(24-10-7-16-5-8-23-9-6-16)21(29)27(15)14-19(28)25-13-17-3-2-4-18(22)11-17/h2-6,8-9,11-12H,7,10,13-14H2,1H3,(H,24,26)(H,25,28). The van der Waals surface area contributed by atoms with Crippen molar-refractivity contribution in [3.8, 4) is 0 Å². The topological polar surface area (TPSA) is 88.9 Å². The second-order valence-corrected chi connectivity index (χ2v) is 7.01. The van der Waals surface area contributed by atoms with Gasteiger partial charge < -0.3 is 10.6 Å². The van der Waals surface area contributed by atoms with E-state index in [1.165, 1.54) is 4.57 Å². The van der Waals surface area contributed by atoms with Crippen molar-refractivity contribution in [2.75, 3.05) is 11.9 Å². The molecule has 0 aliphatic carbocycles. The van der Waals surface area contributed by atoms with Crippen molar-refractivity contribution in [1.82, 2.24) is 19.9 Å². The number of hydrogen-bond acceptors (Lipinski definition) is 5. The Morgan fingerprint density at radius 3 is 2.72 bits per heavy atom. The van der Waals surface area contributed by atoms with Gasteiger partial charge in [0, 0.05) is 42.4 Å². The highest BCUT2D eigenvalue weighted by molar-refractivity contribution is 6.30. The highest BCUT2D eigenvalue weighted by Gasteiger charge is 2.11.